The second-order valence-corrected chi connectivity index (χ2v) is 7.86. The Balaban J connectivity index is 1.43. The molecule has 1 fully saturated rings. The van der Waals surface area contributed by atoms with E-state index in [-0.39, 0.29) is 0 Å². The van der Waals surface area contributed by atoms with E-state index >= 15 is 0 Å². The Morgan fingerprint density at radius 2 is 1.97 bits per heavy atom. The Morgan fingerprint density at radius 1 is 1.00 bits per heavy atom. The third-order valence-corrected chi connectivity index (χ3v) is 6.14. The van der Waals surface area contributed by atoms with Crippen LogP contribution in [0.5, 0.6) is 11.5 Å². The van der Waals surface area contributed by atoms with E-state index in [4.69, 9.17) is 19.4 Å². The number of ether oxygens (including phenoxy) is 2. The van der Waals surface area contributed by atoms with Crippen LogP contribution in [0, 0.1) is 0 Å². The molecule has 4 heterocycles. The summed E-state index contributed by atoms with van der Waals surface area (Å²) in [6.45, 7) is 1.32. The minimum Gasteiger partial charge on any atom is -0.454 e. The van der Waals surface area contributed by atoms with E-state index in [9.17, 15) is 0 Å². The monoisotopic (exact) mass is 386 g/mol. The number of nitrogens with zero attached hydrogens (tertiary/aromatic N) is 4. The molecular weight excluding hydrogens is 364 g/mol. The summed E-state index contributed by atoms with van der Waals surface area (Å²) in [7, 11) is 0. The zero-order valence-corrected chi connectivity index (χ0v) is 16.2. The van der Waals surface area contributed by atoms with Crippen LogP contribution >= 0.6 is 0 Å². The van der Waals surface area contributed by atoms with Crippen LogP contribution in [-0.4, -0.2) is 28.3 Å². The van der Waals surface area contributed by atoms with Crippen LogP contribution in [0.3, 0.4) is 0 Å². The van der Waals surface area contributed by atoms with Gasteiger partial charge in [0.05, 0.1) is 6.04 Å². The lowest BCUT2D eigenvalue weighted by atomic mass is 10.0. The molecule has 2 aliphatic heterocycles. The third-order valence-electron chi connectivity index (χ3n) is 6.14. The highest BCUT2D eigenvalue weighted by molar-refractivity contribution is 5.62. The second kappa shape index (κ2) is 6.72. The highest BCUT2D eigenvalue weighted by atomic mass is 16.7. The van der Waals surface area contributed by atoms with Gasteiger partial charge in [-0.2, -0.15) is 0 Å². The summed E-state index contributed by atoms with van der Waals surface area (Å²) in [4.78, 5) is 16.7. The van der Waals surface area contributed by atoms with Crippen molar-refractivity contribution in [1.29, 1.82) is 0 Å². The molecule has 0 N–H and O–H groups in total. The number of pyridine rings is 1. The van der Waals surface area contributed by atoms with Gasteiger partial charge in [0.1, 0.15) is 5.82 Å². The molecule has 6 rings (SSSR count). The summed E-state index contributed by atoms with van der Waals surface area (Å²) in [6, 6.07) is 10.6. The minimum atomic E-state index is 0.297. The second-order valence-electron chi connectivity index (χ2n) is 7.86. The largest absolute Gasteiger partial charge is 0.454 e. The van der Waals surface area contributed by atoms with Gasteiger partial charge in [0.15, 0.2) is 17.3 Å². The predicted octanol–water partition coefficient (Wildman–Crippen LogP) is 4.10. The number of hydrogen-bond donors (Lipinski definition) is 0. The number of benzene rings is 1. The van der Waals surface area contributed by atoms with Crippen LogP contribution in [0.4, 0.5) is 5.82 Å². The molecule has 1 atom stereocenters. The van der Waals surface area contributed by atoms with Gasteiger partial charge in [0.2, 0.25) is 6.79 Å². The topological polar surface area (TPSA) is 60.4 Å². The fourth-order valence-electron chi connectivity index (χ4n) is 4.76. The van der Waals surface area contributed by atoms with Crippen molar-refractivity contribution in [2.75, 3.05) is 18.2 Å². The van der Waals surface area contributed by atoms with E-state index in [1.807, 2.05) is 24.4 Å². The van der Waals surface area contributed by atoms with Gasteiger partial charge < -0.3 is 14.4 Å². The number of hydrogen-bond acceptors (Lipinski definition) is 6. The molecule has 29 heavy (non-hydrogen) atoms. The quantitative estimate of drug-likeness (QED) is 0.675. The fourth-order valence-corrected chi connectivity index (χ4v) is 4.76. The van der Waals surface area contributed by atoms with Gasteiger partial charge in [0, 0.05) is 35.8 Å². The molecular formula is C23H22N4O2. The molecule has 3 aliphatic rings. The lowest BCUT2D eigenvalue weighted by Crippen LogP contribution is -2.25. The maximum atomic E-state index is 5.62. The first-order chi connectivity index (χ1) is 14.4. The van der Waals surface area contributed by atoms with Crippen LogP contribution in [0.1, 0.15) is 42.1 Å². The first-order valence-electron chi connectivity index (χ1n) is 10.3. The van der Waals surface area contributed by atoms with Crippen LogP contribution < -0.4 is 14.4 Å². The zero-order chi connectivity index (χ0) is 19.2. The van der Waals surface area contributed by atoms with Crippen molar-refractivity contribution in [3.8, 4) is 22.9 Å². The Kier molecular flexibility index (Phi) is 3.89. The normalized spacial score (nSPS) is 19.6. The van der Waals surface area contributed by atoms with Gasteiger partial charge in [-0.1, -0.05) is 6.07 Å². The van der Waals surface area contributed by atoms with Crippen molar-refractivity contribution in [2.24, 2.45) is 0 Å². The van der Waals surface area contributed by atoms with Gasteiger partial charge in [-0.05, 0) is 61.9 Å². The van der Waals surface area contributed by atoms with Gasteiger partial charge in [-0.15, -0.1) is 0 Å². The highest BCUT2D eigenvalue weighted by Gasteiger charge is 2.32. The molecule has 1 aliphatic carbocycles. The standard InChI is InChI=1S/C23H22N4O2/c1-5-17-18(6-1)25-22(16-4-2-10-24-13-16)26-23(17)27-11-3-7-19(27)15-8-9-20-21(12-15)29-14-28-20/h2,4,8-10,12-13,19H,1,3,5-7,11,14H2. The molecule has 1 saturated heterocycles. The molecule has 0 spiro atoms. The maximum Gasteiger partial charge on any atom is 0.231 e. The first-order valence-corrected chi connectivity index (χ1v) is 10.3. The van der Waals surface area contributed by atoms with E-state index in [0.717, 1.165) is 67.4 Å². The molecule has 146 valence electrons. The molecule has 1 unspecified atom stereocenters. The third kappa shape index (κ3) is 2.82. The van der Waals surface area contributed by atoms with Crippen LogP contribution in [0.25, 0.3) is 11.4 Å². The molecule has 6 heteroatoms. The van der Waals surface area contributed by atoms with Crippen molar-refractivity contribution >= 4 is 5.82 Å². The zero-order valence-electron chi connectivity index (χ0n) is 16.2. The summed E-state index contributed by atoms with van der Waals surface area (Å²) < 4.78 is 11.1. The van der Waals surface area contributed by atoms with Crippen molar-refractivity contribution in [3.63, 3.8) is 0 Å². The highest BCUT2D eigenvalue weighted by Crippen LogP contribution is 2.42. The molecule has 0 amide bonds. The fraction of sp³-hybridized carbons (Fsp3) is 0.348. The Bertz CT molecular complexity index is 1070. The van der Waals surface area contributed by atoms with Gasteiger partial charge in [0.25, 0.3) is 0 Å². The maximum absolute atomic E-state index is 5.62. The van der Waals surface area contributed by atoms with Crippen molar-refractivity contribution in [1.82, 2.24) is 15.0 Å². The minimum absolute atomic E-state index is 0.297. The number of aromatic nitrogens is 3. The Hall–Kier alpha value is -3.15. The van der Waals surface area contributed by atoms with Crippen molar-refractivity contribution in [2.45, 2.75) is 38.1 Å². The lowest BCUT2D eigenvalue weighted by Gasteiger charge is -2.28. The molecule has 2 aromatic heterocycles. The average Bonchev–Trinajstić information content (AvgIpc) is 3.53. The van der Waals surface area contributed by atoms with Gasteiger partial charge in [-0.25, -0.2) is 9.97 Å². The smallest absolute Gasteiger partial charge is 0.231 e. The number of rotatable bonds is 3. The first kappa shape index (κ1) is 16.8. The summed E-state index contributed by atoms with van der Waals surface area (Å²) in [6.07, 6.45) is 9.13. The summed E-state index contributed by atoms with van der Waals surface area (Å²) in [5.74, 6) is 3.56. The van der Waals surface area contributed by atoms with E-state index in [2.05, 4.69) is 22.0 Å². The van der Waals surface area contributed by atoms with Crippen molar-refractivity contribution < 1.29 is 9.47 Å². The number of aryl methyl sites for hydroxylation is 1. The van der Waals surface area contributed by atoms with Gasteiger partial charge >= 0.3 is 0 Å². The van der Waals surface area contributed by atoms with Crippen LogP contribution in [0.15, 0.2) is 42.7 Å². The van der Waals surface area contributed by atoms with E-state index in [0.29, 0.717) is 12.8 Å². The van der Waals surface area contributed by atoms with Crippen LogP contribution in [-0.2, 0) is 12.8 Å². The predicted molar refractivity (Wildman–Crippen MR) is 109 cm³/mol. The molecule has 6 nitrogen and oxygen atoms in total. The molecule has 3 aromatic rings. The van der Waals surface area contributed by atoms with E-state index in [1.165, 1.54) is 16.8 Å². The lowest BCUT2D eigenvalue weighted by molar-refractivity contribution is 0.174. The molecule has 0 radical (unpaired) electrons. The van der Waals surface area contributed by atoms with Crippen LogP contribution in [0.2, 0.25) is 0 Å². The Labute approximate surface area is 169 Å². The van der Waals surface area contributed by atoms with E-state index in [1.54, 1.807) is 6.20 Å². The molecule has 1 aromatic carbocycles. The average molecular weight is 386 g/mol. The van der Waals surface area contributed by atoms with Gasteiger partial charge in [-0.3, -0.25) is 4.98 Å². The molecule has 0 saturated carbocycles. The van der Waals surface area contributed by atoms with E-state index < -0.39 is 0 Å². The molecule has 0 bridgehead atoms. The summed E-state index contributed by atoms with van der Waals surface area (Å²) >= 11 is 0. The number of fused-ring (bicyclic) bond motifs is 2. The van der Waals surface area contributed by atoms with Crippen molar-refractivity contribution in [3.05, 3.63) is 59.5 Å². The SMILES string of the molecule is c1cncc(-c2nc3c(c(N4CCCC4c4ccc5c(c4)OCO5)n2)CCC3)c1. The number of anilines is 1. The summed E-state index contributed by atoms with van der Waals surface area (Å²) in [5, 5.41) is 0. The summed E-state index contributed by atoms with van der Waals surface area (Å²) in [5.41, 5.74) is 4.76. The Morgan fingerprint density at radius 3 is 2.90 bits per heavy atom.